The second kappa shape index (κ2) is 4.90. The van der Waals surface area contributed by atoms with Gasteiger partial charge in [0.15, 0.2) is 0 Å². The first kappa shape index (κ1) is 14.0. The van der Waals surface area contributed by atoms with Crippen molar-refractivity contribution >= 4 is 44.6 Å². The molecule has 0 atom stereocenters. The Morgan fingerprint density at radius 1 is 1.42 bits per heavy atom. The van der Waals surface area contributed by atoms with Crippen molar-refractivity contribution < 1.29 is 18.0 Å². The average Bonchev–Trinajstić information content (AvgIpc) is 2.64. The van der Waals surface area contributed by atoms with Crippen molar-refractivity contribution in [3.8, 4) is 0 Å². The van der Waals surface area contributed by atoms with Gasteiger partial charge in [0.2, 0.25) is 0 Å². The maximum absolute atomic E-state index is 12.0. The third-order valence-electron chi connectivity index (χ3n) is 2.36. The van der Waals surface area contributed by atoms with Crippen LogP contribution in [-0.2, 0) is 0 Å². The molecule has 0 aliphatic heterocycles. The van der Waals surface area contributed by atoms with Gasteiger partial charge in [0.1, 0.15) is 11.4 Å². The molecule has 0 saturated carbocycles. The number of carbonyl (C=O) groups excluding carboxylic acids is 1. The molecular weight excluding hydrogens is 301 g/mol. The van der Waals surface area contributed by atoms with E-state index >= 15 is 0 Å². The van der Waals surface area contributed by atoms with E-state index in [2.05, 4.69) is 0 Å². The number of alkyl halides is 3. The molecule has 0 bridgehead atoms. The zero-order valence-corrected chi connectivity index (χ0v) is 10.9. The molecule has 19 heavy (non-hydrogen) atoms. The largest absolute Gasteiger partial charge is 0.405 e. The van der Waals surface area contributed by atoms with Gasteiger partial charge in [-0.25, -0.2) is 0 Å². The molecule has 3 N–H and O–H groups in total. The molecule has 0 unspecified atom stereocenters. The highest BCUT2D eigenvalue weighted by atomic mass is 35.5. The number of carbonyl (C=O) groups is 1. The molecule has 0 fully saturated rings. The standard InChI is InChI=1S/C11H8ClF3N2OS/c12-5-2-1-3-6-7(5)8(16)9(19-6)10(18)17-4-11(13,14)15/h1-3H,4,16H2,(H,17,18). The third-order valence-corrected chi connectivity index (χ3v) is 3.84. The molecule has 2 rings (SSSR count). The molecule has 102 valence electrons. The molecule has 1 heterocycles. The number of rotatable bonds is 2. The topological polar surface area (TPSA) is 55.1 Å². The molecule has 0 spiro atoms. The zero-order chi connectivity index (χ0) is 14.2. The van der Waals surface area contributed by atoms with Gasteiger partial charge in [-0.1, -0.05) is 17.7 Å². The summed E-state index contributed by atoms with van der Waals surface area (Å²) in [6.45, 7) is -1.40. The van der Waals surface area contributed by atoms with Crippen LogP contribution in [0.3, 0.4) is 0 Å². The van der Waals surface area contributed by atoms with E-state index in [1.165, 1.54) is 0 Å². The summed E-state index contributed by atoms with van der Waals surface area (Å²) >= 11 is 6.95. The third kappa shape index (κ3) is 2.93. The Balaban J connectivity index is 2.33. The fraction of sp³-hybridized carbons (Fsp3) is 0.182. The van der Waals surface area contributed by atoms with Crippen LogP contribution in [0.25, 0.3) is 10.1 Å². The van der Waals surface area contributed by atoms with Gasteiger partial charge in [-0.3, -0.25) is 4.79 Å². The number of nitrogen functional groups attached to an aromatic ring is 1. The smallest absolute Gasteiger partial charge is 0.397 e. The van der Waals surface area contributed by atoms with E-state index in [4.69, 9.17) is 17.3 Å². The molecule has 1 aromatic heterocycles. The Kier molecular flexibility index (Phi) is 3.60. The predicted molar refractivity (Wildman–Crippen MR) is 69.6 cm³/mol. The van der Waals surface area contributed by atoms with Gasteiger partial charge in [0.05, 0.1) is 10.7 Å². The molecule has 1 amide bonds. The second-order valence-corrected chi connectivity index (χ2v) is 5.22. The first-order valence-electron chi connectivity index (χ1n) is 5.11. The molecule has 2 aromatic rings. The van der Waals surface area contributed by atoms with E-state index in [0.717, 1.165) is 11.3 Å². The van der Waals surface area contributed by atoms with Gasteiger partial charge in [-0.15, -0.1) is 11.3 Å². The SMILES string of the molecule is Nc1c(C(=O)NCC(F)(F)F)sc2cccc(Cl)c12. The number of hydrogen-bond donors (Lipinski definition) is 2. The highest BCUT2D eigenvalue weighted by molar-refractivity contribution is 7.21. The maximum atomic E-state index is 12.0. The number of anilines is 1. The van der Waals surface area contributed by atoms with Gasteiger partial charge in [-0.05, 0) is 12.1 Å². The lowest BCUT2D eigenvalue weighted by molar-refractivity contribution is -0.123. The molecule has 0 aliphatic carbocycles. The molecule has 0 aliphatic rings. The number of thiophene rings is 1. The van der Waals surface area contributed by atoms with E-state index < -0.39 is 18.6 Å². The molecule has 8 heteroatoms. The summed E-state index contributed by atoms with van der Waals surface area (Å²) in [7, 11) is 0. The van der Waals surface area contributed by atoms with Crippen LogP contribution in [0.5, 0.6) is 0 Å². The summed E-state index contributed by atoms with van der Waals surface area (Å²) in [5.74, 6) is -0.855. The molecule has 1 aromatic carbocycles. The summed E-state index contributed by atoms with van der Waals surface area (Å²) < 4.78 is 36.8. The summed E-state index contributed by atoms with van der Waals surface area (Å²) in [5.41, 5.74) is 5.87. The number of hydrogen-bond acceptors (Lipinski definition) is 3. The van der Waals surface area contributed by atoms with Crippen LogP contribution in [0, 0.1) is 0 Å². The van der Waals surface area contributed by atoms with Gasteiger partial charge >= 0.3 is 6.18 Å². The molecular formula is C11H8ClF3N2OS. The van der Waals surface area contributed by atoms with Crippen molar-refractivity contribution in [1.82, 2.24) is 5.32 Å². The van der Waals surface area contributed by atoms with Gasteiger partial charge in [-0.2, -0.15) is 13.2 Å². The fourth-order valence-electron chi connectivity index (χ4n) is 1.56. The molecule has 0 radical (unpaired) electrons. The van der Waals surface area contributed by atoms with E-state index in [9.17, 15) is 18.0 Å². The predicted octanol–water partition coefficient (Wildman–Crippen LogP) is 3.43. The van der Waals surface area contributed by atoms with Crippen molar-refractivity contribution in [2.45, 2.75) is 6.18 Å². The Bertz CT molecular complexity index is 639. The number of halogens is 4. The monoisotopic (exact) mass is 308 g/mol. The van der Waals surface area contributed by atoms with Crippen LogP contribution in [0.1, 0.15) is 9.67 Å². The lowest BCUT2D eigenvalue weighted by atomic mass is 10.2. The van der Waals surface area contributed by atoms with Crippen LogP contribution in [0.15, 0.2) is 18.2 Å². The second-order valence-electron chi connectivity index (χ2n) is 3.76. The summed E-state index contributed by atoms with van der Waals surface area (Å²) in [6.07, 6.45) is -4.46. The quantitative estimate of drug-likeness (QED) is 0.893. The lowest BCUT2D eigenvalue weighted by Gasteiger charge is -2.07. The molecule has 3 nitrogen and oxygen atoms in total. The van der Waals surface area contributed by atoms with Crippen LogP contribution in [0.4, 0.5) is 18.9 Å². The first-order valence-corrected chi connectivity index (χ1v) is 6.30. The minimum Gasteiger partial charge on any atom is -0.397 e. The first-order chi connectivity index (χ1) is 8.79. The maximum Gasteiger partial charge on any atom is 0.405 e. The van der Waals surface area contributed by atoms with E-state index in [0.29, 0.717) is 15.1 Å². The Hall–Kier alpha value is -1.47. The van der Waals surface area contributed by atoms with Gasteiger partial charge in [0.25, 0.3) is 5.91 Å². The lowest BCUT2D eigenvalue weighted by Crippen LogP contribution is -2.33. The van der Waals surface area contributed by atoms with E-state index in [-0.39, 0.29) is 10.6 Å². The average molecular weight is 309 g/mol. The number of benzene rings is 1. The van der Waals surface area contributed by atoms with Gasteiger partial charge < -0.3 is 11.1 Å². The Labute approximate surface area is 115 Å². The summed E-state index contributed by atoms with van der Waals surface area (Å²) in [5, 5.41) is 2.64. The number of nitrogens with two attached hydrogens (primary N) is 1. The summed E-state index contributed by atoms with van der Waals surface area (Å²) in [4.78, 5) is 11.7. The minimum atomic E-state index is -4.46. The summed E-state index contributed by atoms with van der Waals surface area (Å²) in [6, 6.07) is 4.98. The van der Waals surface area contributed by atoms with Crippen LogP contribution in [-0.4, -0.2) is 18.6 Å². The van der Waals surface area contributed by atoms with Crippen LogP contribution in [0.2, 0.25) is 5.02 Å². The van der Waals surface area contributed by atoms with Crippen molar-refractivity contribution in [1.29, 1.82) is 0 Å². The Morgan fingerprint density at radius 2 is 2.11 bits per heavy atom. The van der Waals surface area contributed by atoms with Crippen molar-refractivity contribution in [3.05, 3.63) is 28.1 Å². The van der Waals surface area contributed by atoms with Gasteiger partial charge in [0, 0.05) is 10.1 Å². The van der Waals surface area contributed by atoms with Crippen molar-refractivity contribution in [2.75, 3.05) is 12.3 Å². The minimum absolute atomic E-state index is 0.0346. The van der Waals surface area contributed by atoms with Crippen molar-refractivity contribution in [3.63, 3.8) is 0 Å². The van der Waals surface area contributed by atoms with Crippen LogP contribution >= 0.6 is 22.9 Å². The highest BCUT2D eigenvalue weighted by Gasteiger charge is 2.29. The highest BCUT2D eigenvalue weighted by Crippen LogP contribution is 2.37. The van der Waals surface area contributed by atoms with E-state index in [1.54, 1.807) is 23.5 Å². The van der Waals surface area contributed by atoms with Crippen molar-refractivity contribution in [2.24, 2.45) is 0 Å². The number of nitrogens with one attached hydrogen (secondary N) is 1. The van der Waals surface area contributed by atoms with E-state index in [1.807, 2.05) is 0 Å². The Morgan fingerprint density at radius 3 is 2.68 bits per heavy atom. The number of fused-ring (bicyclic) bond motifs is 1. The van der Waals surface area contributed by atoms with Crippen LogP contribution < -0.4 is 11.1 Å². The normalized spacial score (nSPS) is 11.8. The number of amides is 1. The zero-order valence-electron chi connectivity index (χ0n) is 9.34. The fourth-order valence-corrected chi connectivity index (χ4v) is 2.96. The molecule has 0 saturated heterocycles.